The molecule has 0 aromatic heterocycles. The highest BCUT2D eigenvalue weighted by Gasteiger charge is 2.19. The fourth-order valence-electron chi connectivity index (χ4n) is 2.04. The topological polar surface area (TPSA) is 38.5 Å². The molecule has 1 saturated heterocycles. The van der Waals surface area contributed by atoms with Crippen molar-refractivity contribution in [3.8, 4) is 0 Å². The minimum atomic E-state index is 0.180. The van der Waals surface area contributed by atoms with Crippen LogP contribution in [0.1, 0.15) is 12.5 Å². The molecule has 0 bridgehead atoms. The first kappa shape index (κ1) is 11.4. The van der Waals surface area contributed by atoms with E-state index in [0.717, 1.165) is 26.1 Å². The van der Waals surface area contributed by atoms with E-state index in [1.807, 2.05) is 0 Å². The van der Waals surface area contributed by atoms with E-state index in [1.165, 1.54) is 11.3 Å². The SMILES string of the molecule is CCc1ccc(N2CCOC(CN)C2)cc1. The van der Waals surface area contributed by atoms with Crippen molar-refractivity contribution in [3.05, 3.63) is 29.8 Å². The van der Waals surface area contributed by atoms with E-state index in [-0.39, 0.29) is 6.10 Å². The van der Waals surface area contributed by atoms with Gasteiger partial charge in [0.1, 0.15) is 0 Å². The fraction of sp³-hybridized carbons (Fsp3) is 0.538. The average Bonchev–Trinajstić information content (AvgIpc) is 2.39. The second-order valence-electron chi connectivity index (χ2n) is 4.19. The number of aryl methyl sites for hydroxylation is 1. The molecule has 0 spiro atoms. The quantitative estimate of drug-likeness (QED) is 0.837. The van der Waals surface area contributed by atoms with E-state index < -0.39 is 0 Å². The first-order chi connectivity index (χ1) is 7.83. The Balaban J connectivity index is 2.05. The molecule has 88 valence electrons. The van der Waals surface area contributed by atoms with Gasteiger partial charge in [0.2, 0.25) is 0 Å². The van der Waals surface area contributed by atoms with E-state index in [1.54, 1.807) is 0 Å². The Kier molecular flexibility index (Phi) is 3.80. The number of hydrogen-bond donors (Lipinski definition) is 1. The summed E-state index contributed by atoms with van der Waals surface area (Å²) in [6.45, 7) is 5.42. The summed E-state index contributed by atoms with van der Waals surface area (Å²) in [5.41, 5.74) is 8.30. The molecule has 1 heterocycles. The summed E-state index contributed by atoms with van der Waals surface area (Å²) in [5, 5.41) is 0. The van der Waals surface area contributed by atoms with Crippen LogP contribution < -0.4 is 10.6 Å². The maximum absolute atomic E-state index is 5.64. The van der Waals surface area contributed by atoms with Gasteiger partial charge in [-0.3, -0.25) is 0 Å². The third-order valence-electron chi connectivity index (χ3n) is 3.11. The van der Waals surface area contributed by atoms with Crippen LogP contribution in [0.15, 0.2) is 24.3 Å². The standard InChI is InChI=1S/C13H20N2O/c1-2-11-3-5-12(6-4-11)15-7-8-16-13(9-14)10-15/h3-6,13H,2,7-10,14H2,1H3. The molecule has 3 heteroatoms. The normalized spacial score (nSPS) is 21.1. The summed E-state index contributed by atoms with van der Waals surface area (Å²) in [7, 11) is 0. The number of anilines is 1. The third kappa shape index (κ3) is 2.54. The number of benzene rings is 1. The van der Waals surface area contributed by atoms with Gasteiger partial charge in [0, 0.05) is 25.3 Å². The number of rotatable bonds is 3. The highest BCUT2D eigenvalue weighted by Crippen LogP contribution is 2.18. The van der Waals surface area contributed by atoms with E-state index in [2.05, 4.69) is 36.1 Å². The number of hydrogen-bond acceptors (Lipinski definition) is 3. The van der Waals surface area contributed by atoms with Crippen LogP contribution in [0.5, 0.6) is 0 Å². The number of ether oxygens (including phenoxy) is 1. The molecule has 1 aromatic carbocycles. The second-order valence-corrected chi connectivity index (χ2v) is 4.19. The highest BCUT2D eigenvalue weighted by molar-refractivity contribution is 5.48. The second kappa shape index (κ2) is 5.32. The third-order valence-corrected chi connectivity index (χ3v) is 3.11. The van der Waals surface area contributed by atoms with Gasteiger partial charge >= 0.3 is 0 Å². The minimum Gasteiger partial charge on any atom is -0.373 e. The van der Waals surface area contributed by atoms with E-state index in [0.29, 0.717) is 6.54 Å². The lowest BCUT2D eigenvalue weighted by molar-refractivity contribution is 0.0466. The molecule has 2 rings (SSSR count). The molecule has 2 N–H and O–H groups in total. The van der Waals surface area contributed by atoms with Gasteiger partial charge in [0.15, 0.2) is 0 Å². The molecule has 0 amide bonds. The molecule has 1 aromatic rings. The first-order valence-electron chi connectivity index (χ1n) is 5.99. The van der Waals surface area contributed by atoms with Crippen LogP contribution in [0.2, 0.25) is 0 Å². The fourth-order valence-corrected chi connectivity index (χ4v) is 2.04. The number of nitrogens with two attached hydrogens (primary N) is 1. The van der Waals surface area contributed by atoms with Crippen LogP contribution in [0.25, 0.3) is 0 Å². The van der Waals surface area contributed by atoms with Crippen LogP contribution in [0.3, 0.4) is 0 Å². The molecule has 0 radical (unpaired) electrons. The lowest BCUT2D eigenvalue weighted by Crippen LogP contribution is -2.45. The monoisotopic (exact) mass is 220 g/mol. The molecular weight excluding hydrogens is 200 g/mol. The van der Waals surface area contributed by atoms with Crippen molar-refractivity contribution < 1.29 is 4.74 Å². The van der Waals surface area contributed by atoms with E-state index >= 15 is 0 Å². The summed E-state index contributed by atoms with van der Waals surface area (Å²) in [6, 6.07) is 8.78. The van der Waals surface area contributed by atoms with Crippen molar-refractivity contribution in [2.45, 2.75) is 19.4 Å². The predicted octanol–water partition coefficient (Wildman–Crippen LogP) is 1.41. The highest BCUT2D eigenvalue weighted by atomic mass is 16.5. The van der Waals surface area contributed by atoms with Crippen LogP contribution in [0.4, 0.5) is 5.69 Å². The van der Waals surface area contributed by atoms with Crippen molar-refractivity contribution in [2.75, 3.05) is 31.1 Å². The van der Waals surface area contributed by atoms with Crippen molar-refractivity contribution in [3.63, 3.8) is 0 Å². The molecule has 3 nitrogen and oxygen atoms in total. The summed E-state index contributed by atoms with van der Waals surface area (Å²) >= 11 is 0. The number of nitrogens with zero attached hydrogens (tertiary/aromatic N) is 1. The molecule has 1 unspecified atom stereocenters. The zero-order valence-electron chi connectivity index (χ0n) is 9.86. The van der Waals surface area contributed by atoms with E-state index in [9.17, 15) is 0 Å². The maximum Gasteiger partial charge on any atom is 0.0872 e. The van der Waals surface area contributed by atoms with E-state index in [4.69, 9.17) is 10.5 Å². The largest absolute Gasteiger partial charge is 0.373 e. The Bertz CT molecular complexity index is 323. The smallest absolute Gasteiger partial charge is 0.0872 e. The van der Waals surface area contributed by atoms with Crippen LogP contribution in [-0.4, -0.2) is 32.3 Å². The van der Waals surface area contributed by atoms with Gasteiger partial charge in [-0.05, 0) is 24.1 Å². The molecule has 0 saturated carbocycles. The molecule has 16 heavy (non-hydrogen) atoms. The Morgan fingerprint density at radius 1 is 1.38 bits per heavy atom. The van der Waals surface area contributed by atoms with Gasteiger partial charge < -0.3 is 15.4 Å². The maximum atomic E-state index is 5.64. The Labute approximate surface area is 97.2 Å². The zero-order valence-corrected chi connectivity index (χ0v) is 9.86. The Hall–Kier alpha value is -1.06. The predicted molar refractivity (Wildman–Crippen MR) is 66.8 cm³/mol. The van der Waals surface area contributed by atoms with Gasteiger partial charge in [0.05, 0.1) is 12.7 Å². The molecule has 1 fully saturated rings. The summed E-state index contributed by atoms with van der Waals surface area (Å²) in [5.74, 6) is 0. The zero-order chi connectivity index (χ0) is 11.4. The number of morpholine rings is 1. The van der Waals surface area contributed by atoms with Gasteiger partial charge in [-0.1, -0.05) is 19.1 Å². The van der Waals surface area contributed by atoms with Gasteiger partial charge in [0.25, 0.3) is 0 Å². The molecule has 1 aliphatic heterocycles. The first-order valence-corrected chi connectivity index (χ1v) is 5.99. The molecule has 0 aliphatic carbocycles. The summed E-state index contributed by atoms with van der Waals surface area (Å²) < 4.78 is 5.56. The lowest BCUT2D eigenvalue weighted by atomic mass is 10.1. The van der Waals surface area contributed by atoms with Crippen LogP contribution in [0, 0.1) is 0 Å². The van der Waals surface area contributed by atoms with Gasteiger partial charge in [-0.2, -0.15) is 0 Å². The lowest BCUT2D eigenvalue weighted by Gasteiger charge is -2.34. The van der Waals surface area contributed by atoms with Crippen molar-refractivity contribution in [2.24, 2.45) is 5.73 Å². The average molecular weight is 220 g/mol. The van der Waals surface area contributed by atoms with Crippen LogP contribution in [-0.2, 0) is 11.2 Å². The van der Waals surface area contributed by atoms with Crippen LogP contribution >= 0.6 is 0 Å². The van der Waals surface area contributed by atoms with Gasteiger partial charge in [-0.25, -0.2) is 0 Å². The Morgan fingerprint density at radius 2 is 2.12 bits per heavy atom. The molecule has 1 atom stereocenters. The molecular formula is C13H20N2O. The Morgan fingerprint density at radius 3 is 2.75 bits per heavy atom. The molecule has 1 aliphatic rings. The van der Waals surface area contributed by atoms with Crippen molar-refractivity contribution in [1.82, 2.24) is 0 Å². The van der Waals surface area contributed by atoms with Crippen molar-refractivity contribution >= 4 is 5.69 Å². The van der Waals surface area contributed by atoms with Crippen molar-refractivity contribution in [1.29, 1.82) is 0 Å². The summed E-state index contributed by atoms with van der Waals surface area (Å²) in [4.78, 5) is 2.35. The summed E-state index contributed by atoms with van der Waals surface area (Å²) in [6.07, 6.45) is 1.27. The minimum absolute atomic E-state index is 0.180. The van der Waals surface area contributed by atoms with Gasteiger partial charge in [-0.15, -0.1) is 0 Å².